The van der Waals surface area contributed by atoms with Crippen LogP contribution in [0.5, 0.6) is 0 Å². The number of piperidine rings is 1. The van der Waals surface area contributed by atoms with Crippen molar-refractivity contribution in [3.8, 4) is 0 Å². The normalized spacial score (nSPS) is 16.8. The first-order valence-corrected chi connectivity index (χ1v) is 7.08. The Morgan fingerprint density at radius 3 is 2.50 bits per heavy atom. The molecule has 0 bridgehead atoms. The lowest BCUT2D eigenvalue weighted by molar-refractivity contribution is 0.477. The highest BCUT2D eigenvalue weighted by Crippen LogP contribution is 2.20. The van der Waals surface area contributed by atoms with E-state index in [1.165, 1.54) is 18.4 Å². The van der Waals surface area contributed by atoms with Gasteiger partial charge in [0.05, 0.1) is 0 Å². The molecule has 4 nitrogen and oxygen atoms in total. The zero-order chi connectivity index (χ0) is 13.0. The van der Waals surface area contributed by atoms with E-state index in [1.54, 1.807) is 0 Å². The fourth-order valence-corrected chi connectivity index (χ4v) is 2.51. The summed E-state index contributed by atoms with van der Waals surface area (Å²) in [4.78, 5) is 9.23. The molecule has 1 aromatic rings. The van der Waals surface area contributed by atoms with Crippen LogP contribution in [-0.2, 0) is 12.8 Å². The van der Waals surface area contributed by atoms with Gasteiger partial charge in [-0.3, -0.25) is 0 Å². The number of nitrogens with one attached hydrogen (secondary N) is 2. The van der Waals surface area contributed by atoms with Gasteiger partial charge in [-0.2, -0.15) is 0 Å². The number of anilines is 1. The molecule has 0 atom stereocenters. The molecule has 1 aromatic heterocycles. The number of hydrogen-bond donors (Lipinski definition) is 2. The SMILES string of the molecule is CCc1nc(C)c(CC)c(NC2CCNCC2)n1. The Balaban J connectivity index is 2.20. The van der Waals surface area contributed by atoms with Gasteiger partial charge in [0.15, 0.2) is 0 Å². The van der Waals surface area contributed by atoms with Gasteiger partial charge in [0.1, 0.15) is 11.6 Å². The van der Waals surface area contributed by atoms with Gasteiger partial charge in [-0.05, 0) is 39.3 Å². The molecule has 1 aliphatic rings. The van der Waals surface area contributed by atoms with Crippen LogP contribution < -0.4 is 10.6 Å². The van der Waals surface area contributed by atoms with Crippen molar-refractivity contribution in [1.29, 1.82) is 0 Å². The van der Waals surface area contributed by atoms with Crippen LogP contribution in [0, 0.1) is 6.92 Å². The first-order valence-electron chi connectivity index (χ1n) is 7.08. The van der Waals surface area contributed by atoms with Gasteiger partial charge in [0, 0.05) is 23.7 Å². The summed E-state index contributed by atoms with van der Waals surface area (Å²) >= 11 is 0. The zero-order valence-corrected chi connectivity index (χ0v) is 11.7. The van der Waals surface area contributed by atoms with E-state index >= 15 is 0 Å². The van der Waals surface area contributed by atoms with Crippen LogP contribution in [-0.4, -0.2) is 29.1 Å². The molecule has 1 aliphatic heterocycles. The number of aromatic nitrogens is 2. The zero-order valence-electron chi connectivity index (χ0n) is 11.7. The Morgan fingerprint density at radius 1 is 1.17 bits per heavy atom. The van der Waals surface area contributed by atoms with Crippen molar-refractivity contribution < 1.29 is 0 Å². The Hall–Kier alpha value is -1.16. The third-order valence-corrected chi connectivity index (χ3v) is 3.61. The molecule has 2 rings (SSSR count). The van der Waals surface area contributed by atoms with Crippen molar-refractivity contribution >= 4 is 5.82 Å². The quantitative estimate of drug-likeness (QED) is 0.856. The summed E-state index contributed by atoms with van der Waals surface area (Å²) in [6.07, 6.45) is 4.23. The molecule has 18 heavy (non-hydrogen) atoms. The maximum atomic E-state index is 4.67. The summed E-state index contributed by atoms with van der Waals surface area (Å²) in [5.41, 5.74) is 2.39. The summed E-state index contributed by atoms with van der Waals surface area (Å²) in [6.45, 7) is 8.57. The summed E-state index contributed by atoms with van der Waals surface area (Å²) < 4.78 is 0. The molecule has 2 N–H and O–H groups in total. The third-order valence-electron chi connectivity index (χ3n) is 3.61. The second-order valence-electron chi connectivity index (χ2n) is 4.93. The molecule has 1 saturated heterocycles. The van der Waals surface area contributed by atoms with Gasteiger partial charge < -0.3 is 10.6 Å². The molecule has 1 fully saturated rings. The fourth-order valence-electron chi connectivity index (χ4n) is 2.51. The Labute approximate surface area is 110 Å². The van der Waals surface area contributed by atoms with Crippen molar-refractivity contribution in [2.45, 2.75) is 52.5 Å². The van der Waals surface area contributed by atoms with E-state index in [9.17, 15) is 0 Å². The molecule has 4 heteroatoms. The van der Waals surface area contributed by atoms with Gasteiger partial charge in [-0.15, -0.1) is 0 Å². The first-order chi connectivity index (χ1) is 8.74. The van der Waals surface area contributed by atoms with Crippen LogP contribution in [0.4, 0.5) is 5.82 Å². The molecule has 0 spiro atoms. The average Bonchev–Trinajstić information content (AvgIpc) is 2.39. The smallest absolute Gasteiger partial charge is 0.133 e. The summed E-state index contributed by atoms with van der Waals surface area (Å²) in [6, 6.07) is 0.551. The summed E-state index contributed by atoms with van der Waals surface area (Å²) in [5, 5.41) is 7.02. The largest absolute Gasteiger partial charge is 0.367 e. The minimum absolute atomic E-state index is 0.551. The number of aryl methyl sites for hydroxylation is 2. The van der Waals surface area contributed by atoms with Gasteiger partial charge >= 0.3 is 0 Å². The van der Waals surface area contributed by atoms with E-state index in [2.05, 4.69) is 41.4 Å². The van der Waals surface area contributed by atoms with Crippen LogP contribution in [0.3, 0.4) is 0 Å². The molecular formula is C14H24N4. The maximum Gasteiger partial charge on any atom is 0.133 e. The van der Waals surface area contributed by atoms with Gasteiger partial charge in [0.25, 0.3) is 0 Å². The van der Waals surface area contributed by atoms with Gasteiger partial charge in [0.2, 0.25) is 0 Å². The molecule has 100 valence electrons. The Kier molecular flexibility index (Phi) is 4.53. The van der Waals surface area contributed by atoms with Gasteiger partial charge in [-0.1, -0.05) is 13.8 Å². The first kappa shape index (κ1) is 13.3. The lowest BCUT2D eigenvalue weighted by Crippen LogP contribution is -2.36. The molecule has 0 saturated carbocycles. The molecule has 0 unspecified atom stereocenters. The number of hydrogen-bond acceptors (Lipinski definition) is 4. The topological polar surface area (TPSA) is 49.8 Å². The van der Waals surface area contributed by atoms with Crippen molar-refractivity contribution in [3.63, 3.8) is 0 Å². The predicted octanol–water partition coefficient (Wildman–Crippen LogP) is 2.07. The highest BCUT2D eigenvalue weighted by Gasteiger charge is 2.16. The lowest BCUT2D eigenvalue weighted by Gasteiger charge is -2.25. The monoisotopic (exact) mass is 248 g/mol. The van der Waals surface area contributed by atoms with E-state index in [-0.39, 0.29) is 0 Å². The fraction of sp³-hybridized carbons (Fsp3) is 0.714. The van der Waals surface area contributed by atoms with Crippen LogP contribution in [0.1, 0.15) is 43.8 Å². The van der Waals surface area contributed by atoms with E-state index in [1.807, 2.05) is 0 Å². The van der Waals surface area contributed by atoms with E-state index in [0.29, 0.717) is 6.04 Å². The van der Waals surface area contributed by atoms with E-state index in [0.717, 1.165) is 43.3 Å². The highest BCUT2D eigenvalue weighted by atomic mass is 15.1. The Bertz CT molecular complexity index is 397. The molecule has 2 heterocycles. The molecule has 0 aromatic carbocycles. The van der Waals surface area contributed by atoms with E-state index in [4.69, 9.17) is 0 Å². The van der Waals surface area contributed by atoms with Crippen LogP contribution in [0.2, 0.25) is 0 Å². The average molecular weight is 248 g/mol. The minimum Gasteiger partial charge on any atom is -0.367 e. The lowest BCUT2D eigenvalue weighted by atomic mass is 10.1. The van der Waals surface area contributed by atoms with Crippen molar-refractivity contribution in [1.82, 2.24) is 15.3 Å². The summed E-state index contributed by atoms with van der Waals surface area (Å²) in [5.74, 6) is 2.01. The van der Waals surface area contributed by atoms with Crippen LogP contribution in [0.25, 0.3) is 0 Å². The molecule has 0 radical (unpaired) electrons. The molecular weight excluding hydrogens is 224 g/mol. The predicted molar refractivity (Wildman–Crippen MR) is 75.0 cm³/mol. The van der Waals surface area contributed by atoms with Crippen LogP contribution in [0.15, 0.2) is 0 Å². The molecule has 0 amide bonds. The van der Waals surface area contributed by atoms with Crippen LogP contribution >= 0.6 is 0 Å². The molecule has 0 aliphatic carbocycles. The highest BCUT2D eigenvalue weighted by molar-refractivity contribution is 5.47. The second-order valence-corrected chi connectivity index (χ2v) is 4.93. The minimum atomic E-state index is 0.551. The van der Waals surface area contributed by atoms with E-state index < -0.39 is 0 Å². The van der Waals surface area contributed by atoms with Crippen molar-refractivity contribution in [2.75, 3.05) is 18.4 Å². The second kappa shape index (κ2) is 6.14. The standard InChI is InChI=1S/C14H24N4/c1-4-12-10(3)16-13(5-2)18-14(12)17-11-6-8-15-9-7-11/h11,15H,4-9H2,1-3H3,(H,16,17,18). The number of rotatable bonds is 4. The van der Waals surface area contributed by atoms with Gasteiger partial charge in [-0.25, -0.2) is 9.97 Å². The van der Waals surface area contributed by atoms with Crippen molar-refractivity contribution in [3.05, 3.63) is 17.1 Å². The Morgan fingerprint density at radius 2 is 1.89 bits per heavy atom. The maximum absolute atomic E-state index is 4.67. The summed E-state index contributed by atoms with van der Waals surface area (Å²) in [7, 11) is 0. The third kappa shape index (κ3) is 2.99. The van der Waals surface area contributed by atoms with Crippen molar-refractivity contribution in [2.24, 2.45) is 0 Å². The number of nitrogens with zero attached hydrogens (tertiary/aromatic N) is 2.